The lowest BCUT2D eigenvalue weighted by molar-refractivity contribution is -0.149. The van der Waals surface area contributed by atoms with Crippen molar-refractivity contribution in [2.75, 3.05) is 13.9 Å². The van der Waals surface area contributed by atoms with Crippen LogP contribution < -0.4 is 19.5 Å². The zero-order valence-corrected chi connectivity index (χ0v) is 18.0. The molecular formula is C26H29NO4. The van der Waals surface area contributed by atoms with Crippen molar-refractivity contribution in [2.24, 2.45) is 17.3 Å². The minimum Gasteiger partial charge on any atom is -0.497 e. The van der Waals surface area contributed by atoms with Gasteiger partial charge in [-0.05, 0) is 91.2 Å². The number of hydrogen-bond acceptors (Lipinski definition) is 4. The Balaban J connectivity index is 1.23. The molecule has 0 saturated heterocycles. The predicted molar refractivity (Wildman–Crippen MR) is 116 cm³/mol. The Labute approximate surface area is 183 Å². The van der Waals surface area contributed by atoms with Gasteiger partial charge < -0.3 is 19.5 Å². The number of nitrogens with one attached hydrogen (secondary N) is 1. The summed E-state index contributed by atoms with van der Waals surface area (Å²) in [5, 5.41) is 3.28. The summed E-state index contributed by atoms with van der Waals surface area (Å²) < 4.78 is 16.2. The fourth-order valence-corrected chi connectivity index (χ4v) is 7.23. The number of rotatable bonds is 5. The van der Waals surface area contributed by atoms with Crippen LogP contribution in [0.5, 0.6) is 17.2 Å². The van der Waals surface area contributed by atoms with E-state index in [1.54, 1.807) is 7.11 Å². The summed E-state index contributed by atoms with van der Waals surface area (Å²) in [6.45, 7) is 0.798. The molecule has 4 saturated carbocycles. The molecule has 1 aliphatic heterocycles. The Morgan fingerprint density at radius 2 is 1.77 bits per heavy atom. The monoisotopic (exact) mass is 419 g/mol. The first-order valence-corrected chi connectivity index (χ1v) is 11.4. The third-order valence-electron chi connectivity index (χ3n) is 8.14. The van der Waals surface area contributed by atoms with Crippen molar-refractivity contribution in [1.29, 1.82) is 0 Å². The maximum atomic E-state index is 13.6. The third-order valence-corrected chi connectivity index (χ3v) is 8.14. The molecule has 1 heterocycles. The van der Waals surface area contributed by atoms with Crippen LogP contribution in [-0.4, -0.2) is 19.8 Å². The molecule has 162 valence electrons. The van der Waals surface area contributed by atoms with Gasteiger partial charge in [-0.3, -0.25) is 4.79 Å². The largest absolute Gasteiger partial charge is 0.497 e. The van der Waals surface area contributed by atoms with Gasteiger partial charge in [0.05, 0.1) is 12.5 Å². The van der Waals surface area contributed by atoms with Gasteiger partial charge in [0.25, 0.3) is 0 Å². The lowest BCUT2D eigenvalue weighted by Gasteiger charge is -2.61. The maximum absolute atomic E-state index is 13.6. The first-order valence-electron chi connectivity index (χ1n) is 11.4. The summed E-state index contributed by atoms with van der Waals surface area (Å²) in [5.74, 6) is 3.97. The van der Waals surface area contributed by atoms with E-state index in [1.165, 1.54) is 24.8 Å². The smallest absolute Gasteiger partial charge is 0.231 e. The van der Waals surface area contributed by atoms with Crippen molar-refractivity contribution in [2.45, 2.75) is 50.5 Å². The SMILES string of the molecule is COc1ccc(C23CC4CC(CC(C(=O)NCc5ccc6c(c5)OCO6)(C4)C2)C3)cc1. The lowest BCUT2D eigenvalue weighted by atomic mass is 9.42. The van der Waals surface area contributed by atoms with Crippen molar-refractivity contribution < 1.29 is 19.0 Å². The maximum Gasteiger partial charge on any atom is 0.231 e. The van der Waals surface area contributed by atoms with Crippen LogP contribution in [0.25, 0.3) is 0 Å². The second-order valence-electron chi connectivity index (χ2n) is 10.1. The van der Waals surface area contributed by atoms with E-state index in [-0.39, 0.29) is 23.5 Å². The van der Waals surface area contributed by atoms with Gasteiger partial charge in [-0.1, -0.05) is 18.2 Å². The number of fused-ring (bicyclic) bond motifs is 1. The van der Waals surface area contributed by atoms with E-state index >= 15 is 0 Å². The fraction of sp³-hybridized carbons (Fsp3) is 0.500. The fourth-order valence-electron chi connectivity index (χ4n) is 7.23. The summed E-state index contributed by atoms with van der Waals surface area (Å²) >= 11 is 0. The molecule has 5 nitrogen and oxygen atoms in total. The molecule has 4 aliphatic carbocycles. The molecule has 0 aromatic heterocycles. The van der Waals surface area contributed by atoms with Crippen LogP contribution >= 0.6 is 0 Å². The highest BCUT2D eigenvalue weighted by atomic mass is 16.7. The number of carbonyl (C=O) groups excluding carboxylic acids is 1. The van der Waals surface area contributed by atoms with Gasteiger partial charge in [-0.2, -0.15) is 0 Å². The van der Waals surface area contributed by atoms with Crippen molar-refractivity contribution in [3.63, 3.8) is 0 Å². The zero-order valence-electron chi connectivity index (χ0n) is 18.0. The van der Waals surface area contributed by atoms with Gasteiger partial charge in [0, 0.05) is 6.54 Å². The van der Waals surface area contributed by atoms with Gasteiger partial charge in [-0.15, -0.1) is 0 Å². The predicted octanol–water partition coefficient (Wildman–Crippen LogP) is 4.58. The van der Waals surface area contributed by atoms with E-state index < -0.39 is 0 Å². The molecule has 1 amide bonds. The van der Waals surface area contributed by atoms with Crippen LogP contribution in [0.1, 0.15) is 49.7 Å². The molecule has 5 aliphatic rings. The lowest BCUT2D eigenvalue weighted by Crippen LogP contribution is -2.59. The van der Waals surface area contributed by atoms with E-state index in [2.05, 4.69) is 29.6 Å². The number of carbonyl (C=O) groups is 1. The Morgan fingerprint density at radius 3 is 2.52 bits per heavy atom. The highest BCUT2D eigenvalue weighted by Crippen LogP contribution is 2.65. The molecule has 1 N–H and O–H groups in total. The molecule has 4 bridgehead atoms. The number of methoxy groups -OCH3 is 1. The second kappa shape index (κ2) is 6.91. The molecule has 31 heavy (non-hydrogen) atoms. The molecule has 2 aromatic carbocycles. The summed E-state index contributed by atoms with van der Waals surface area (Å²) in [5.41, 5.74) is 2.33. The normalized spacial score (nSPS) is 32.2. The van der Waals surface area contributed by atoms with Crippen LogP contribution in [0.3, 0.4) is 0 Å². The number of ether oxygens (including phenoxy) is 3. The van der Waals surface area contributed by atoms with E-state index in [4.69, 9.17) is 14.2 Å². The summed E-state index contributed by atoms with van der Waals surface area (Å²) in [7, 11) is 1.71. The topological polar surface area (TPSA) is 56.8 Å². The van der Waals surface area contributed by atoms with Crippen LogP contribution in [-0.2, 0) is 16.8 Å². The number of amides is 1. The Morgan fingerprint density at radius 1 is 1.03 bits per heavy atom. The first-order chi connectivity index (χ1) is 15.1. The number of benzene rings is 2. The van der Waals surface area contributed by atoms with Crippen LogP contribution in [0.2, 0.25) is 0 Å². The van der Waals surface area contributed by atoms with Crippen molar-refractivity contribution in [3.05, 3.63) is 53.6 Å². The van der Waals surface area contributed by atoms with E-state index in [0.717, 1.165) is 42.1 Å². The molecular weight excluding hydrogens is 390 g/mol. The average molecular weight is 420 g/mol. The Hall–Kier alpha value is -2.69. The van der Waals surface area contributed by atoms with E-state index in [1.807, 2.05) is 18.2 Å². The van der Waals surface area contributed by atoms with Gasteiger partial charge in [0.15, 0.2) is 11.5 Å². The van der Waals surface area contributed by atoms with Gasteiger partial charge in [0.2, 0.25) is 12.7 Å². The molecule has 4 fully saturated rings. The van der Waals surface area contributed by atoms with Crippen molar-refractivity contribution >= 4 is 5.91 Å². The van der Waals surface area contributed by atoms with Gasteiger partial charge >= 0.3 is 0 Å². The molecule has 0 radical (unpaired) electrons. The van der Waals surface area contributed by atoms with Gasteiger partial charge in [0.1, 0.15) is 5.75 Å². The first kappa shape index (κ1) is 19.0. The van der Waals surface area contributed by atoms with Crippen molar-refractivity contribution in [1.82, 2.24) is 5.32 Å². The molecule has 7 rings (SSSR count). The van der Waals surface area contributed by atoms with E-state index in [9.17, 15) is 4.79 Å². The minimum absolute atomic E-state index is 0.131. The average Bonchev–Trinajstić information content (AvgIpc) is 3.24. The van der Waals surface area contributed by atoms with Gasteiger partial charge in [-0.25, -0.2) is 0 Å². The molecule has 2 unspecified atom stereocenters. The van der Waals surface area contributed by atoms with E-state index in [0.29, 0.717) is 18.4 Å². The minimum atomic E-state index is -0.236. The summed E-state index contributed by atoms with van der Waals surface area (Å²) in [6.07, 6.45) is 6.75. The summed E-state index contributed by atoms with van der Waals surface area (Å²) in [6, 6.07) is 14.5. The molecule has 5 heteroatoms. The quantitative estimate of drug-likeness (QED) is 0.771. The molecule has 2 atom stereocenters. The standard InChI is InChI=1S/C26H29NO4/c1-29-21-5-3-20(4-6-21)25-10-18-8-19(11-25)13-26(12-18,15-25)24(28)27-14-17-2-7-22-23(9-17)31-16-30-22/h2-7,9,18-19H,8,10-16H2,1H3,(H,27,28). The molecule has 0 spiro atoms. The summed E-state index contributed by atoms with van der Waals surface area (Å²) in [4.78, 5) is 13.6. The third kappa shape index (κ3) is 3.08. The Bertz CT molecular complexity index is 1000. The second-order valence-corrected chi connectivity index (χ2v) is 10.1. The molecule has 2 aromatic rings. The zero-order chi connectivity index (χ0) is 21.1. The van der Waals surface area contributed by atoms with Crippen molar-refractivity contribution in [3.8, 4) is 17.2 Å². The van der Waals surface area contributed by atoms with Crippen LogP contribution in [0.15, 0.2) is 42.5 Å². The van der Waals surface area contributed by atoms with Crippen LogP contribution in [0.4, 0.5) is 0 Å². The Kier molecular flexibility index (Phi) is 4.24. The number of hydrogen-bond donors (Lipinski definition) is 1. The highest BCUT2D eigenvalue weighted by molar-refractivity contribution is 5.83. The highest BCUT2D eigenvalue weighted by Gasteiger charge is 2.60. The van der Waals surface area contributed by atoms with Crippen LogP contribution in [0, 0.1) is 17.3 Å².